The number of alkyl halides is 1. The number of hydrogen-bond acceptors (Lipinski definition) is 1. The van der Waals surface area contributed by atoms with Crippen molar-refractivity contribution in [2.45, 2.75) is 11.8 Å². The van der Waals surface area contributed by atoms with Crippen LogP contribution in [0.3, 0.4) is 0 Å². The predicted molar refractivity (Wildman–Crippen MR) is 95.2 cm³/mol. The smallest absolute Gasteiger partial charge is 0.124 e. The lowest BCUT2D eigenvalue weighted by Gasteiger charge is -2.16. The summed E-state index contributed by atoms with van der Waals surface area (Å²) < 4.78 is 7.61. The highest BCUT2D eigenvalue weighted by Gasteiger charge is 2.17. The van der Waals surface area contributed by atoms with Crippen molar-refractivity contribution in [3.63, 3.8) is 0 Å². The predicted octanol–water partition coefficient (Wildman–Crippen LogP) is 6.75. The van der Waals surface area contributed by atoms with Gasteiger partial charge >= 0.3 is 0 Å². The number of ether oxygens (including phenoxy) is 1. The van der Waals surface area contributed by atoms with Gasteiger partial charge in [0, 0.05) is 14.5 Å². The fourth-order valence-electron chi connectivity index (χ4n) is 1.85. The molecule has 0 aromatic heterocycles. The molecular formula is C15H12Br3ClO. The molecule has 0 aliphatic rings. The van der Waals surface area contributed by atoms with Crippen molar-refractivity contribution in [2.24, 2.45) is 0 Å². The van der Waals surface area contributed by atoms with E-state index in [0.29, 0.717) is 11.6 Å². The van der Waals surface area contributed by atoms with Gasteiger partial charge in [-0.25, -0.2) is 0 Å². The van der Waals surface area contributed by atoms with E-state index in [9.17, 15) is 0 Å². The molecule has 1 atom stereocenters. The van der Waals surface area contributed by atoms with Crippen LogP contribution in [0, 0.1) is 0 Å². The number of benzene rings is 2. The Hall–Kier alpha value is -0.0300. The van der Waals surface area contributed by atoms with Crippen LogP contribution in [0.15, 0.2) is 45.3 Å². The maximum absolute atomic E-state index is 6.04. The Kier molecular flexibility index (Phi) is 5.96. The molecule has 0 amide bonds. The van der Waals surface area contributed by atoms with Crippen LogP contribution in [0.2, 0.25) is 5.02 Å². The lowest BCUT2D eigenvalue weighted by Crippen LogP contribution is -2.00. The van der Waals surface area contributed by atoms with Crippen LogP contribution >= 0.6 is 59.4 Å². The third-order valence-corrected chi connectivity index (χ3v) is 5.51. The molecule has 2 rings (SSSR count). The molecule has 0 spiro atoms. The number of hydrogen-bond donors (Lipinski definition) is 0. The zero-order chi connectivity index (χ0) is 14.7. The van der Waals surface area contributed by atoms with Crippen molar-refractivity contribution in [1.82, 2.24) is 0 Å². The molecule has 0 radical (unpaired) electrons. The molecule has 2 aromatic carbocycles. The first-order valence-electron chi connectivity index (χ1n) is 6.04. The van der Waals surface area contributed by atoms with Crippen molar-refractivity contribution in [1.29, 1.82) is 0 Å². The molecule has 1 nitrogen and oxygen atoms in total. The highest BCUT2D eigenvalue weighted by Crippen LogP contribution is 2.39. The van der Waals surface area contributed by atoms with Crippen LogP contribution in [0.4, 0.5) is 0 Å². The van der Waals surface area contributed by atoms with Gasteiger partial charge in [0.15, 0.2) is 0 Å². The Balaban J connectivity index is 2.43. The second kappa shape index (κ2) is 7.30. The summed E-state index contributed by atoms with van der Waals surface area (Å²) in [6, 6.07) is 11.9. The number of halogens is 4. The molecule has 0 aliphatic carbocycles. The monoisotopic (exact) mass is 480 g/mol. The van der Waals surface area contributed by atoms with E-state index in [2.05, 4.69) is 53.9 Å². The van der Waals surface area contributed by atoms with Crippen molar-refractivity contribution < 1.29 is 4.74 Å². The second-order valence-electron chi connectivity index (χ2n) is 4.15. The maximum Gasteiger partial charge on any atom is 0.124 e. The summed E-state index contributed by atoms with van der Waals surface area (Å²) in [5.74, 6) is 0.878. The van der Waals surface area contributed by atoms with Crippen molar-refractivity contribution in [3.8, 4) is 5.75 Å². The Morgan fingerprint density at radius 3 is 2.55 bits per heavy atom. The van der Waals surface area contributed by atoms with Crippen LogP contribution in [-0.4, -0.2) is 6.61 Å². The van der Waals surface area contributed by atoms with Gasteiger partial charge in [0.1, 0.15) is 5.75 Å². The van der Waals surface area contributed by atoms with E-state index in [-0.39, 0.29) is 4.83 Å². The largest absolute Gasteiger partial charge is 0.494 e. The van der Waals surface area contributed by atoms with Gasteiger partial charge in [0.25, 0.3) is 0 Å². The van der Waals surface area contributed by atoms with Crippen LogP contribution in [0.5, 0.6) is 5.75 Å². The second-order valence-corrected chi connectivity index (χ2v) is 7.24. The summed E-state index contributed by atoms with van der Waals surface area (Å²) >= 11 is 16.8. The third-order valence-electron chi connectivity index (χ3n) is 2.78. The molecule has 106 valence electrons. The Bertz CT molecular complexity index is 616. The molecule has 0 N–H and O–H groups in total. The van der Waals surface area contributed by atoms with E-state index in [1.165, 1.54) is 0 Å². The lowest BCUT2D eigenvalue weighted by atomic mass is 10.0. The first-order valence-corrected chi connectivity index (χ1v) is 8.92. The summed E-state index contributed by atoms with van der Waals surface area (Å²) in [7, 11) is 0. The summed E-state index contributed by atoms with van der Waals surface area (Å²) in [6.07, 6.45) is 0. The van der Waals surface area contributed by atoms with Gasteiger partial charge in [-0.1, -0.05) is 49.5 Å². The Morgan fingerprint density at radius 1 is 1.15 bits per heavy atom. The third kappa shape index (κ3) is 3.79. The highest BCUT2D eigenvalue weighted by atomic mass is 79.9. The van der Waals surface area contributed by atoms with Crippen LogP contribution in [0.1, 0.15) is 22.9 Å². The SMILES string of the molecule is CCOc1ccc(Br)cc1C(Br)c1ccc(Cl)c(Br)c1. The first-order chi connectivity index (χ1) is 9.52. The lowest BCUT2D eigenvalue weighted by molar-refractivity contribution is 0.337. The minimum absolute atomic E-state index is 0.0371. The molecule has 20 heavy (non-hydrogen) atoms. The zero-order valence-electron chi connectivity index (χ0n) is 10.7. The molecule has 0 fully saturated rings. The molecular weight excluding hydrogens is 471 g/mol. The molecule has 0 saturated carbocycles. The van der Waals surface area contributed by atoms with Crippen molar-refractivity contribution in [3.05, 3.63) is 61.5 Å². The average Bonchev–Trinajstić information content (AvgIpc) is 2.43. The first kappa shape index (κ1) is 16.3. The van der Waals surface area contributed by atoms with Gasteiger partial charge in [-0.05, 0) is 58.7 Å². The molecule has 0 aliphatic heterocycles. The van der Waals surface area contributed by atoms with Gasteiger partial charge < -0.3 is 4.74 Å². The summed E-state index contributed by atoms with van der Waals surface area (Å²) in [4.78, 5) is 0.0371. The van der Waals surface area contributed by atoms with Crippen LogP contribution < -0.4 is 4.74 Å². The van der Waals surface area contributed by atoms with Gasteiger partial charge in [-0.3, -0.25) is 0 Å². The van der Waals surface area contributed by atoms with E-state index >= 15 is 0 Å². The van der Waals surface area contributed by atoms with E-state index in [1.54, 1.807) is 0 Å². The van der Waals surface area contributed by atoms with Gasteiger partial charge in [0.2, 0.25) is 0 Å². The van der Waals surface area contributed by atoms with Gasteiger partial charge in [-0.2, -0.15) is 0 Å². The standard InChI is InChI=1S/C15H12Br3ClO/c1-2-20-14-6-4-10(16)8-11(14)15(18)9-3-5-13(19)12(17)7-9/h3-8,15H,2H2,1H3. The summed E-state index contributed by atoms with van der Waals surface area (Å²) in [5, 5.41) is 0.702. The fraction of sp³-hybridized carbons (Fsp3) is 0.200. The fourth-order valence-corrected chi connectivity index (χ4v) is 3.39. The van der Waals surface area contributed by atoms with E-state index < -0.39 is 0 Å². The molecule has 5 heteroatoms. The van der Waals surface area contributed by atoms with Gasteiger partial charge in [0.05, 0.1) is 16.5 Å². The molecule has 2 aromatic rings. The van der Waals surface area contributed by atoms with E-state index in [0.717, 1.165) is 25.8 Å². The number of rotatable bonds is 4. The van der Waals surface area contributed by atoms with E-state index in [4.69, 9.17) is 16.3 Å². The highest BCUT2D eigenvalue weighted by molar-refractivity contribution is 9.11. The normalized spacial score (nSPS) is 12.2. The minimum atomic E-state index is 0.0371. The summed E-state index contributed by atoms with van der Waals surface area (Å²) in [5.41, 5.74) is 2.19. The van der Waals surface area contributed by atoms with E-state index in [1.807, 2.05) is 37.3 Å². The van der Waals surface area contributed by atoms with Gasteiger partial charge in [-0.15, -0.1) is 0 Å². The minimum Gasteiger partial charge on any atom is -0.494 e. The molecule has 0 saturated heterocycles. The average molecular weight is 483 g/mol. The quantitative estimate of drug-likeness (QED) is 0.438. The molecule has 0 bridgehead atoms. The topological polar surface area (TPSA) is 9.23 Å². The maximum atomic E-state index is 6.04. The van der Waals surface area contributed by atoms with Crippen LogP contribution in [-0.2, 0) is 0 Å². The van der Waals surface area contributed by atoms with Crippen molar-refractivity contribution in [2.75, 3.05) is 6.61 Å². The summed E-state index contributed by atoms with van der Waals surface area (Å²) in [6.45, 7) is 2.62. The van der Waals surface area contributed by atoms with Crippen molar-refractivity contribution >= 4 is 59.4 Å². The Morgan fingerprint density at radius 2 is 1.90 bits per heavy atom. The molecule has 1 unspecified atom stereocenters. The molecule has 0 heterocycles. The van der Waals surface area contributed by atoms with Crippen LogP contribution in [0.25, 0.3) is 0 Å². The zero-order valence-corrected chi connectivity index (χ0v) is 16.2. The Labute approximate surface area is 149 Å².